The molecule has 4 nitrogen and oxygen atoms in total. The molecule has 226 valence electrons. The Labute approximate surface area is 247 Å². The second-order valence-electron chi connectivity index (χ2n) is 11.6. The molecule has 0 atom stereocenters. The molecule has 0 fully saturated rings. The van der Waals surface area contributed by atoms with Gasteiger partial charge in [-0.15, -0.1) is 0 Å². The van der Waals surface area contributed by atoms with Gasteiger partial charge < -0.3 is 19.3 Å². The molecule has 0 saturated carbocycles. The number of ether oxygens (including phenoxy) is 2. The summed E-state index contributed by atoms with van der Waals surface area (Å²) in [6, 6.07) is 17.4. The molecule has 0 spiro atoms. The van der Waals surface area contributed by atoms with Crippen LogP contribution in [0.25, 0.3) is 11.1 Å². The van der Waals surface area contributed by atoms with Crippen LogP contribution in [0.15, 0.2) is 48.5 Å². The van der Waals surface area contributed by atoms with Gasteiger partial charge in [0.05, 0.1) is 13.2 Å². The number of benzene rings is 2. The van der Waals surface area contributed by atoms with Crippen LogP contribution in [-0.2, 0) is 22.7 Å². The van der Waals surface area contributed by atoms with Crippen LogP contribution in [-0.4, -0.2) is 63.3 Å². The van der Waals surface area contributed by atoms with Crippen molar-refractivity contribution in [3.8, 4) is 11.1 Å². The summed E-state index contributed by atoms with van der Waals surface area (Å²) in [6.45, 7) is 12.2. The summed E-state index contributed by atoms with van der Waals surface area (Å²) in [5.41, 5.74) is 5.03. The van der Waals surface area contributed by atoms with E-state index >= 15 is 0 Å². The minimum Gasteiger partial charge on any atom is -0.377 e. The molecule has 2 aromatic carbocycles. The summed E-state index contributed by atoms with van der Waals surface area (Å²) >= 11 is 0. The van der Waals surface area contributed by atoms with Crippen molar-refractivity contribution >= 4 is 0 Å². The second kappa shape index (κ2) is 22.9. The Hall–Kier alpha value is -1.72. The molecule has 0 aliphatic carbocycles. The van der Waals surface area contributed by atoms with Gasteiger partial charge in [-0.3, -0.25) is 0 Å². The van der Waals surface area contributed by atoms with Gasteiger partial charge in [0, 0.05) is 13.2 Å². The molecule has 0 radical (unpaired) electrons. The molecule has 40 heavy (non-hydrogen) atoms. The predicted octanol–water partition coefficient (Wildman–Crippen LogP) is 8.97. The average molecular weight is 553 g/mol. The molecule has 0 bridgehead atoms. The van der Waals surface area contributed by atoms with Crippen LogP contribution in [0.2, 0.25) is 0 Å². The van der Waals surface area contributed by atoms with E-state index in [1.165, 1.54) is 99.6 Å². The third-order valence-electron chi connectivity index (χ3n) is 7.78. The number of unbranched alkanes of at least 4 members (excludes halogenated alkanes) is 8. The summed E-state index contributed by atoms with van der Waals surface area (Å²) in [4.78, 5) is 4.94. The van der Waals surface area contributed by atoms with Gasteiger partial charge >= 0.3 is 0 Å². The molecule has 0 amide bonds. The van der Waals surface area contributed by atoms with Gasteiger partial charge in [0.2, 0.25) is 0 Å². The lowest BCUT2D eigenvalue weighted by Gasteiger charge is -2.17. The predicted molar refractivity (Wildman–Crippen MR) is 173 cm³/mol. The van der Waals surface area contributed by atoms with E-state index in [1.54, 1.807) is 0 Å². The van der Waals surface area contributed by atoms with Crippen molar-refractivity contribution in [2.75, 3.05) is 53.5 Å². The number of hydrogen-bond donors (Lipinski definition) is 0. The third-order valence-corrected chi connectivity index (χ3v) is 7.78. The first-order chi connectivity index (χ1) is 19.7. The lowest BCUT2D eigenvalue weighted by atomic mass is 9.96. The maximum absolute atomic E-state index is 6.14. The van der Waals surface area contributed by atoms with Crippen LogP contribution >= 0.6 is 0 Å². The molecular formula is C36H60N2O2. The van der Waals surface area contributed by atoms with Crippen molar-refractivity contribution in [1.82, 2.24) is 9.80 Å². The highest BCUT2D eigenvalue weighted by Gasteiger charge is 2.10. The molecule has 0 N–H and O–H groups in total. The van der Waals surface area contributed by atoms with Crippen molar-refractivity contribution in [3.05, 3.63) is 59.7 Å². The highest BCUT2D eigenvalue weighted by atomic mass is 16.5. The molecular weight excluding hydrogens is 492 g/mol. The van der Waals surface area contributed by atoms with Crippen LogP contribution in [0.5, 0.6) is 0 Å². The first-order valence-electron chi connectivity index (χ1n) is 16.3. The Bertz CT molecular complexity index is 800. The van der Waals surface area contributed by atoms with Crippen LogP contribution < -0.4 is 0 Å². The lowest BCUT2D eigenvalue weighted by molar-refractivity contribution is 0.114. The van der Waals surface area contributed by atoms with Crippen molar-refractivity contribution < 1.29 is 9.47 Å². The number of hydrogen-bond acceptors (Lipinski definition) is 4. The number of nitrogens with zero attached hydrogens (tertiary/aromatic N) is 2. The van der Waals surface area contributed by atoms with E-state index in [-0.39, 0.29) is 0 Å². The van der Waals surface area contributed by atoms with Crippen molar-refractivity contribution in [2.24, 2.45) is 0 Å². The topological polar surface area (TPSA) is 24.9 Å². The van der Waals surface area contributed by atoms with E-state index in [1.807, 2.05) is 0 Å². The van der Waals surface area contributed by atoms with E-state index in [4.69, 9.17) is 9.47 Å². The lowest BCUT2D eigenvalue weighted by Crippen LogP contribution is -2.21. The zero-order valence-corrected chi connectivity index (χ0v) is 26.5. The fourth-order valence-electron chi connectivity index (χ4n) is 5.19. The van der Waals surface area contributed by atoms with Gasteiger partial charge in [-0.25, -0.2) is 0 Å². The fraction of sp³-hybridized carbons (Fsp3) is 0.667. The smallest absolute Gasteiger partial charge is 0.0722 e. The maximum Gasteiger partial charge on any atom is 0.0722 e. The molecule has 0 saturated heterocycles. The Morgan fingerprint density at radius 2 is 0.850 bits per heavy atom. The Morgan fingerprint density at radius 3 is 1.25 bits per heavy atom. The van der Waals surface area contributed by atoms with Gasteiger partial charge in [-0.05, 0) is 101 Å². The molecule has 0 aromatic heterocycles. The third kappa shape index (κ3) is 15.3. The van der Waals surface area contributed by atoms with Gasteiger partial charge in [0.25, 0.3) is 0 Å². The quantitative estimate of drug-likeness (QED) is 0.115. The van der Waals surface area contributed by atoms with E-state index in [9.17, 15) is 0 Å². The summed E-state index contributed by atoms with van der Waals surface area (Å²) in [6.07, 6.45) is 15.3. The Morgan fingerprint density at radius 1 is 0.475 bits per heavy atom. The normalized spacial score (nSPS) is 11.7. The first kappa shape index (κ1) is 34.5. The zero-order chi connectivity index (χ0) is 28.7. The second-order valence-corrected chi connectivity index (χ2v) is 11.6. The Balaban J connectivity index is 1.71. The summed E-state index contributed by atoms with van der Waals surface area (Å²) in [5.74, 6) is 0. The zero-order valence-electron chi connectivity index (χ0n) is 26.5. The summed E-state index contributed by atoms with van der Waals surface area (Å²) in [5, 5.41) is 0. The van der Waals surface area contributed by atoms with E-state index in [0.29, 0.717) is 13.2 Å². The maximum atomic E-state index is 6.14. The van der Waals surface area contributed by atoms with Gasteiger partial charge in [-0.2, -0.15) is 0 Å². The van der Waals surface area contributed by atoms with E-state index in [0.717, 1.165) is 39.1 Å². The molecule has 0 unspecified atom stereocenters. The molecule has 2 aromatic rings. The van der Waals surface area contributed by atoms with Gasteiger partial charge in [0.15, 0.2) is 0 Å². The van der Waals surface area contributed by atoms with E-state index in [2.05, 4.69) is 86.3 Å². The van der Waals surface area contributed by atoms with Crippen LogP contribution in [0.4, 0.5) is 0 Å². The van der Waals surface area contributed by atoms with Crippen molar-refractivity contribution in [2.45, 2.75) is 104 Å². The average Bonchev–Trinajstić information content (AvgIpc) is 2.97. The first-order valence-corrected chi connectivity index (χ1v) is 16.3. The molecule has 4 heteroatoms. The Kier molecular flexibility index (Phi) is 19.7. The molecule has 0 aliphatic rings. The highest BCUT2D eigenvalue weighted by molar-refractivity contribution is 5.70. The SMILES string of the molecule is CCCCCCN(C)CCCCOCc1ccccc1-c1ccccc1COCCCCN(C)CCCCCC. The monoisotopic (exact) mass is 552 g/mol. The molecule has 2 rings (SSSR count). The van der Waals surface area contributed by atoms with Crippen LogP contribution in [0, 0.1) is 0 Å². The van der Waals surface area contributed by atoms with E-state index < -0.39 is 0 Å². The van der Waals surface area contributed by atoms with Gasteiger partial charge in [0.1, 0.15) is 0 Å². The molecule has 0 aliphatic heterocycles. The largest absolute Gasteiger partial charge is 0.377 e. The summed E-state index contributed by atoms with van der Waals surface area (Å²) < 4.78 is 12.3. The number of rotatable bonds is 25. The van der Waals surface area contributed by atoms with Crippen molar-refractivity contribution in [1.29, 1.82) is 0 Å². The standard InChI is InChI=1S/C36H60N2O2/c1-5-7-9-15-25-37(3)27-17-19-29-39-31-33-21-11-13-23-35(33)36-24-14-12-22-34(36)32-40-30-20-18-28-38(4)26-16-10-8-6-2/h11-14,21-24H,5-10,15-20,25-32H2,1-4H3. The molecule has 0 heterocycles. The van der Waals surface area contributed by atoms with Crippen LogP contribution in [0.3, 0.4) is 0 Å². The van der Waals surface area contributed by atoms with Gasteiger partial charge in [-0.1, -0.05) is 101 Å². The minimum absolute atomic E-state index is 0.657. The fourth-order valence-corrected chi connectivity index (χ4v) is 5.19. The van der Waals surface area contributed by atoms with Crippen LogP contribution in [0.1, 0.15) is 102 Å². The minimum atomic E-state index is 0.657. The summed E-state index contributed by atoms with van der Waals surface area (Å²) in [7, 11) is 4.50. The van der Waals surface area contributed by atoms with Crippen molar-refractivity contribution in [3.63, 3.8) is 0 Å². The highest BCUT2D eigenvalue weighted by Crippen LogP contribution is 2.28.